The Labute approximate surface area is 163 Å². The maximum atomic E-state index is 12.7. The number of methoxy groups -OCH3 is 2. The topological polar surface area (TPSA) is 67.9 Å². The molecule has 2 amide bonds. The number of hydrogen-bond donors (Lipinski definition) is 1. The van der Waals surface area contributed by atoms with Gasteiger partial charge in [-0.3, -0.25) is 9.59 Å². The molecule has 2 aromatic rings. The van der Waals surface area contributed by atoms with Gasteiger partial charge >= 0.3 is 0 Å². The molecule has 2 aromatic carbocycles. The Morgan fingerprint density at radius 2 is 1.85 bits per heavy atom. The largest absolute Gasteiger partial charge is 0.495 e. The van der Waals surface area contributed by atoms with Crippen LogP contribution in [0.25, 0.3) is 0 Å². The fraction of sp³-hybridized carbons (Fsp3) is 0.300. The third-order valence-electron chi connectivity index (χ3n) is 4.54. The molecule has 0 bridgehead atoms. The van der Waals surface area contributed by atoms with Gasteiger partial charge < -0.3 is 19.7 Å². The summed E-state index contributed by atoms with van der Waals surface area (Å²) in [5.41, 5.74) is 2.16. The average Bonchev–Trinajstić information content (AvgIpc) is 3.03. The number of anilines is 2. The van der Waals surface area contributed by atoms with Gasteiger partial charge in [0.15, 0.2) is 0 Å². The lowest BCUT2D eigenvalue weighted by Gasteiger charge is -2.20. The molecule has 7 heteroatoms. The number of carbonyl (C=O) groups excluding carboxylic acids is 2. The van der Waals surface area contributed by atoms with Gasteiger partial charge in [-0.1, -0.05) is 17.7 Å². The molecule has 0 spiro atoms. The van der Waals surface area contributed by atoms with Crippen molar-refractivity contribution in [2.75, 3.05) is 31.0 Å². The van der Waals surface area contributed by atoms with Crippen molar-refractivity contribution in [1.29, 1.82) is 0 Å². The summed E-state index contributed by atoms with van der Waals surface area (Å²) in [6, 6.07) is 10.6. The highest BCUT2D eigenvalue weighted by Crippen LogP contribution is 2.36. The second kappa shape index (κ2) is 7.88. The summed E-state index contributed by atoms with van der Waals surface area (Å²) in [5.74, 6) is 0.259. The van der Waals surface area contributed by atoms with E-state index < -0.39 is 5.92 Å². The lowest BCUT2D eigenvalue weighted by atomic mass is 10.1. The van der Waals surface area contributed by atoms with Gasteiger partial charge in [-0.05, 0) is 42.8 Å². The number of nitrogens with one attached hydrogen (secondary N) is 1. The number of benzene rings is 2. The first-order valence-corrected chi connectivity index (χ1v) is 8.90. The Morgan fingerprint density at radius 3 is 2.56 bits per heavy atom. The van der Waals surface area contributed by atoms with Crippen molar-refractivity contribution in [1.82, 2.24) is 0 Å². The van der Waals surface area contributed by atoms with Crippen LogP contribution in [0.1, 0.15) is 12.0 Å². The number of aryl methyl sites for hydroxylation is 1. The smallest absolute Gasteiger partial charge is 0.229 e. The van der Waals surface area contributed by atoms with Gasteiger partial charge in [0, 0.05) is 18.0 Å². The summed E-state index contributed by atoms with van der Waals surface area (Å²) < 4.78 is 10.6. The summed E-state index contributed by atoms with van der Waals surface area (Å²) in [5, 5.41) is 3.37. The van der Waals surface area contributed by atoms with Gasteiger partial charge in [-0.25, -0.2) is 0 Å². The number of ether oxygens (including phenoxy) is 2. The number of rotatable bonds is 5. The van der Waals surface area contributed by atoms with Crippen LogP contribution < -0.4 is 19.7 Å². The number of hydrogen-bond acceptors (Lipinski definition) is 4. The van der Waals surface area contributed by atoms with E-state index in [1.807, 2.05) is 19.1 Å². The van der Waals surface area contributed by atoms with Crippen molar-refractivity contribution in [3.8, 4) is 11.5 Å². The van der Waals surface area contributed by atoms with E-state index in [1.165, 1.54) is 7.11 Å². The van der Waals surface area contributed by atoms with E-state index in [4.69, 9.17) is 21.1 Å². The standard InChI is InChI=1S/C20H21ClN2O4/c1-12-4-6-17(26-2)15(8-12)22-20(25)13-9-19(24)23(11-13)16-10-14(21)5-7-18(16)27-3/h4-8,10,13H,9,11H2,1-3H3,(H,22,25)/t13-/m0/s1. The molecule has 3 rings (SSSR count). The Kier molecular flexibility index (Phi) is 5.56. The SMILES string of the molecule is COc1ccc(C)cc1NC(=O)[C@H]1CC(=O)N(c2cc(Cl)ccc2OC)C1. The second-order valence-corrected chi connectivity index (χ2v) is 6.85. The third kappa shape index (κ3) is 4.01. The first kappa shape index (κ1) is 19.0. The molecule has 1 fully saturated rings. The second-order valence-electron chi connectivity index (χ2n) is 6.41. The van der Waals surface area contributed by atoms with Crippen LogP contribution in [0, 0.1) is 12.8 Å². The molecule has 0 radical (unpaired) electrons. The molecule has 1 heterocycles. The molecule has 0 saturated carbocycles. The van der Waals surface area contributed by atoms with Crippen molar-refractivity contribution >= 4 is 34.8 Å². The summed E-state index contributed by atoms with van der Waals surface area (Å²) in [6.07, 6.45) is 0.121. The van der Waals surface area contributed by atoms with E-state index in [0.717, 1.165) is 5.56 Å². The summed E-state index contributed by atoms with van der Waals surface area (Å²) in [4.78, 5) is 26.8. The van der Waals surface area contributed by atoms with Crippen LogP contribution in [0.15, 0.2) is 36.4 Å². The van der Waals surface area contributed by atoms with E-state index >= 15 is 0 Å². The molecule has 1 saturated heterocycles. The molecule has 0 aromatic heterocycles. The van der Waals surface area contributed by atoms with E-state index in [9.17, 15) is 9.59 Å². The van der Waals surface area contributed by atoms with Crippen LogP contribution in [-0.2, 0) is 9.59 Å². The maximum Gasteiger partial charge on any atom is 0.229 e. The van der Waals surface area contributed by atoms with Crippen LogP contribution in [0.3, 0.4) is 0 Å². The highest BCUT2D eigenvalue weighted by molar-refractivity contribution is 6.31. The molecule has 0 unspecified atom stereocenters. The normalized spacial score (nSPS) is 16.4. The fourth-order valence-corrected chi connectivity index (χ4v) is 3.31. The fourth-order valence-electron chi connectivity index (χ4n) is 3.14. The molecule has 27 heavy (non-hydrogen) atoms. The summed E-state index contributed by atoms with van der Waals surface area (Å²) in [7, 11) is 3.08. The predicted molar refractivity (Wildman–Crippen MR) is 105 cm³/mol. The maximum absolute atomic E-state index is 12.7. The van der Waals surface area contributed by atoms with Gasteiger partial charge in [-0.15, -0.1) is 0 Å². The molecular weight excluding hydrogens is 368 g/mol. The minimum atomic E-state index is -0.480. The molecule has 6 nitrogen and oxygen atoms in total. The van der Waals surface area contributed by atoms with Crippen LogP contribution in [-0.4, -0.2) is 32.6 Å². The molecule has 1 aliphatic rings. The highest BCUT2D eigenvalue weighted by Gasteiger charge is 2.36. The Bertz CT molecular complexity index is 884. The number of carbonyl (C=O) groups is 2. The van der Waals surface area contributed by atoms with Crippen molar-refractivity contribution in [3.05, 3.63) is 47.0 Å². The van der Waals surface area contributed by atoms with Gasteiger partial charge in [0.05, 0.1) is 31.5 Å². The zero-order valence-electron chi connectivity index (χ0n) is 15.4. The third-order valence-corrected chi connectivity index (χ3v) is 4.78. The van der Waals surface area contributed by atoms with Gasteiger partial charge in [0.25, 0.3) is 0 Å². The Morgan fingerprint density at radius 1 is 1.15 bits per heavy atom. The Hall–Kier alpha value is -2.73. The van der Waals surface area contributed by atoms with Gasteiger partial charge in [-0.2, -0.15) is 0 Å². The molecule has 142 valence electrons. The van der Waals surface area contributed by atoms with Gasteiger partial charge in [0.1, 0.15) is 11.5 Å². The van der Waals surface area contributed by atoms with Crippen LogP contribution in [0.5, 0.6) is 11.5 Å². The van der Waals surface area contributed by atoms with Gasteiger partial charge in [0.2, 0.25) is 11.8 Å². The quantitative estimate of drug-likeness (QED) is 0.848. The van der Waals surface area contributed by atoms with E-state index in [1.54, 1.807) is 36.3 Å². The molecule has 1 aliphatic heterocycles. The zero-order valence-corrected chi connectivity index (χ0v) is 16.2. The average molecular weight is 389 g/mol. The highest BCUT2D eigenvalue weighted by atomic mass is 35.5. The number of amides is 2. The van der Waals surface area contributed by atoms with Crippen molar-refractivity contribution in [3.63, 3.8) is 0 Å². The molecular formula is C20H21ClN2O4. The van der Waals surface area contributed by atoms with Crippen LogP contribution in [0.2, 0.25) is 5.02 Å². The van der Waals surface area contributed by atoms with Crippen molar-refractivity contribution in [2.45, 2.75) is 13.3 Å². The minimum absolute atomic E-state index is 0.121. The number of halogens is 1. The van der Waals surface area contributed by atoms with E-state index in [-0.39, 0.29) is 24.8 Å². The monoisotopic (exact) mass is 388 g/mol. The lowest BCUT2D eigenvalue weighted by Crippen LogP contribution is -2.28. The van der Waals surface area contributed by atoms with Crippen molar-refractivity contribution < 1.29 is 19.1 Å². The number of nitrogens with zero attached hydrogens (tertiary/aromatic N) is 1. The minimum Gasteiger partial charge on any atom is -0.495 e. The Balaban J connectivity index is 1.79. The van der Waals surface area contributed by atoms with E-state index in [2.05, 4.69) is 5.32 Å². The zero-order chi connectivity index (χ0) is 19.6. The first-order chi connectivity index (χ1) is 12.9. The molecule has 0 aliphatic carbocycles. The van der Waals surface area contributed by atoms with Crippen LogP contribution in [0.4, 0.5) is 11.4 Å². The van der Waals surface area contributed by atoms with E-state index in [0.29, 0.717) is 27.9 Å². The lowest BCUT2D eigenvalue weighted by molar-refractivity contribution is -0.122. The molecule has 1 N–H and O–H groups in total. The van der Waals surface area contributed by atoms with Crippen molar-refractivity contribution in [2.24, 2.45) is 5.92 Å². The molecule has 1 atom stereocenters. The predicted octanol–water partition coefficient (Wildman–Crippen LogP) is 3.66. The van der Waals surface area contributed by atoms with Crippen LogP contribution >= 0.6 is 11.6 Å². The summed E-state index contributed by atoms with van der Waals surface area (Å²) in [6.45, 7) is 2.19. The first-order valence-electron chi connectivity index (χ1n) is 8.52. The summed E-state index contributed by atoms with van der Waals surface area (Å²) >= 11 is 6.07.